The lowest BCUT2D eigenvalue weighted by atomic mass is 10.1. The normalized spacial score (nSPS) is 13.6. The maximum absolute atomic E-state index is 13.1. The number of hydrogen-bond acceptors (Lipinski definition) is 3. The number of nitrogens with zero attached hydrogens (tertiary/aromatic N) is 1. The van der Waals surface area contributed by atoms with Gasteiger partial charge in [-0.1, -0.05) is 24.3 Å². The Bertz CT molecular complexity index is 762. The Labute approximate surface area is 145 Å². The van der Waals surface area contributed by atoms with Gasteiger partial charge in [-0.15, -0.1) is 0 Å². The van der Waals surface area contributed by atoms with Crippen LogP contribution in [0.4, 0.5) is 14.9 Å². The average Bonchev–Trinajstić information content (AvgIpc) is 3.00. The molecule has 2 aromatic carbocycles. The molecule has 6 heteroatoms. The van der Waals surface area contributed by atoms with E-state index < -0.39 is 0 Å². The molecule has 1 N–H and O–H groups in total. The van der Waals surface area contributed by atoms with Crippen molar-refractivity contribution in [3.63, 3.8) is 0 Å². The summed E-state index contributed by atoms with van der Waals surface area (Å²) in [5.41, 5.74) is 2.46. The van der Waals surface area contributed by atoms with Crippen molar-refractivity contribution in [2.45, 2.75) is 19.4 Å². The van der Waals surface area contributed by atoms with E-state index in [9.17, 15) is 14.0 Å². The molecule has 1 aliphatic rings. The summed E-state index contributed by atoms with van der Waals surface area (Å²) in [4.78, 5) is 25.1. The third-order valence-corrected chi connectivity index (χ3v) is 3.99. The van der Waals surface area contributed by atoms with E-state index in [4.69, 9.17) is 4.74 Å². The fourth-order valence-corrected chi connectivity index (χ4v) is 2.66. The lowest BCUT2D eigenvalue weighted by molar-refractivity contribution is -0.116. The van der Waals surface area contributed by atoms with Crippen molar-refractivity contribution in [1.29, 1.82) is 0 Å². The van der Waals surface area contributed by atoms with Crippen LogP contribution in [0.3, 0.4) is 0 Å². The van der Waals surface area contributed by atoms with E-state index >= 15 is 0 Å². The topological polar surface area (TPSA) is 58.6 Å². The van der Waals surface area contributed by atoms with Crippen molar-refractivity contribution < 1.29 is 18.7 Å². The molecule has 0 spiro atoms. The van der Waals surface area contributed by atoms with Gasteiger partial charge in [0, 0.05) is 18.7 Å². The molecule has 25 heavy (non-hydrogen) atoms. The van der Waals surface area contributed by atoms with E-state index in [0.29, 0.717) is 31.8 Å². The minimum Gasteiger partial charge on any atom is -0.448 e. The number of amides is 2. The number of aryl methyl sites for hydroxylation is 1. The first kappa shape index (κ1) is 17.0. The molecule has 1 fully saturated rings. The number of nitrogens with one attached hydrogen (secondary N) is 1. The number of ether oxygens (including phenoxy) is 1. The summed E-state index contributed by atoms with van der Waals surface area (Å²) in [7, 11) is 0. The number of hydrogen-bond donors (Lipinski definition) is 1. The first-order valence-electron chi connectivity index (χ1n) is 8.15. The summed E-state index contributed by atoms with van der Waals surface area (Å²) in [5, 5.41) is 2.82. The van der Waals surface area contributed by atoms with Gasteiger partial charge in [0.2, 0.25) is 5.91 Å². The van der Waals surface area contributed by atoms with Crippen molar-refractivity contribution in [2.24, 2.45) is 0 Å². The van der Waals surface area contributed by atoms with Gasteiger partial charge in [0.1, 0.15) is 12.4 Å². The Morgan fingerprint density at radius 3 is 2.64 bits per heavy atom. The Morgan fingerprint density at radius 1 is 1.16 bits per heavy atom. The fourth-order valence-electron chi connectivity index (χ4n) is 2.66. The number of carbonyl (C=O) groups is 2. The molecule has 1 saturated heterocycles. The summed E-state index contributed by atoms with van der Waals surface area (Å²) < 4.78 is 18.0. The molecule has 1 heterocycles. The zero-order chi connectivity index (χ0) is 17.6. The van der Waals surface area contributed by atoms with Crippen molar-refractivity contribution in [1.82, 2.24) is 4.90 Å². The first-order valence-corrected chi connectivity index (χ1v) is 8.15. The van der Waals surface area contributed by atoms with Gasteiger partial charge in [0.15, 0.2) is 0 Å². The predicted octanol–water partition coefficient (Wildman–Crippen LogP) is 3.35. The molecule has 0 radical (unpaired) electrons. The first-order chi connectivity index (χ1) is 12.1. The molecular formula is C19H19FN2O3. The number of cyclic esters (lactones) is 1. The molecule has 1 aliphatic heterocycles. The Balaban J connectivity index is 1.49. The Hall–Kier alpha value is -2.89. The van der Waals surface area contributed by atoms with Crippen LogP contribution >= 0.6 is 0 Å². The second-order valence-electron chi connectivity index (χ2n) is 5.91. The number of halogens is 1. The predicted molar refractivity (Wildman–Crippen MR) is 91.6 cm³/mol. The molecule has 2 aromatic rings. The van der Waals surface area contributed by atoms with Crippen LogP contribution in [0.1, 0.15) is 17.5 Å². The molecule has 0 aliphatic carbocycles. The van der Waals surface area contributed by atoms with Gasteiger partial charge in [-0.25, -0.2) is 9.18 Å². The number of benzene rings is 2. The quantitative estimate of drug-likeness (QED) is 0.876. The molecule has 0 aromatic heterocycles. The molecule has 130 valence electrons. The standard InChI is InChI=1S/C19H19FN2O3/c20-16-3-1-2-14(12-16)6-9-18(23)21-17-7-4-15(5-8-17)13-22-10-11-25-19(22)24/h1-5,7-8,12H,6,9-11,13H2,(H,21,23). The van der Waals surface area contributed by atoms with Gasteiger partial charge >= 0.3 is 6.09 Å². The van der Waals surface area contributed by atoms with Crippen molar-refractivity contribution in [3.8, 4) is 0 Å². The zero-order valence-electron chi connectivity index (χ0n) is 13.7. The highest BCUT2D eigenvalue weighted by Gasteiger charge is 2.21. The monoisotopic (exact) mass is 342 g/mol. The third-order valence-electron chi connectivity index (χ3n) is 3.99. The van der Waals surface area contributed by atoms with Gasteiger partial charge in [0.25, 0.3) is 0 Å². The number of rotatable bonds is 6. The molecule has 0 unspecified atom stereocenters. The minimum absolute atomic E-state index is 0.125. The van der Waals surface area contributed by atoms with Crippen molar-refractivity contribution >= 4 is 17.7 Å². The molecule has 3 rings (SSSR count). The van der Waals surface area contributed by atoms with E-state index in [2.05, 4.69) is 5.32 Å². The SMILES string of the molecule is O=C(CCc1cccc(F)c1)Nc1ccc(CN2CCOC2=O)cc1. The van der Waals surface area contributed by atoms with Crippen LogP contribution in [-0.2, 0) is 22.5 Å². The van der Waals surface area contributed by atoms with Crippen LogP contribution in [0.15, 0.2) is 48.5 Å². The van der Waals surface area contributed by atoms with E-state index in [1.54, 1.807) is 29.2 Å². The van der Waals surface area contributed by atoms with Gasteiger partial charge in [-0.05, 0) is 41.8 Å². The van der Waals surface area contributed by atoms with Gasteiger partial charge in [-0.3, -0.25) is 4.79 Å². The van der Waals surface area contributed by atoms with Gasteiger partial charge in [0.05, 0.1) is 6.54 Å². The summed E-state index contributed by atoms with van der Waals surface area (Å²) >= 11 is 0. The second kappa shape index (κ2) is 7.79. The molecule has 0 bridgehead atoms. The molecule has 2 amide bonds. The molecule has 0 saturated carbocycles. The summed E-state index contributed by atoms with van der Waals surface area (Å²) in [6.45, 7) is 1.52. The van der Waals surface area contributed by atoms with Gasteiger partial charge < -0.3 is 15.0 Å². The number of anilines is 1. The van der Waals surface area contributed by atoms with Crippen LogP contribution < -0.4 is 5.32 Å². The smallest absolute Gasteiger partial charge is 0.410 e. The molecular weight excluding hydrogens is 323 g/mol. The zero-order valence-corrected chi connectivity index (χ0v) is 13.7. The third kappa shape index (κ3) is 4.79. The Morgan fingerprint density at radius 2 is 1.96 bits per heavy atom. The van der Waals surface area contributed by atoms with Gasteiger partial charge in [-0.2, -0.15) is 0 Å². The van der Waals surface area contributed by atoms with E-state index in [-0.39, 0.29) is 24.2 Å². The second-order valence-corrected chi connectivity index (χ2v) is 5.91. The molecule has 0 atom stereocenters. The van der Waals surface area contributed by atoms with Crippen LogP contribution in [0.25, 0.3) is 0 Å². The summed E-state index contributed by atoms with van der Waals surface area (Å²) in [5.74, 6) is -0.421. The van der Waals surface area contributed by atoms with Crippen LogP contribution in [-0.4, -0.2) is 30.1 Å². The highest BCUT2D eigenvalue weighted by atomic mass is 19.1. The minimum atomic E-state index is -0.297. The lowest BCUT2D eigenvalue weighted by Gasteiger charge is -2.13. The fraction of sp³-hybridized carbons (Fsp3) is 0.263. The average molecular weight is 342 g/mol. The van der Waals surface area contributed by atoms with Crippen LogP contribution in [0, 0.1) is 5.82 Å². The van der Waals surface area contributed by atoms with Crippen molar-refractivity contribution in [3.05, 3.63) is 65.5 Å². The van der Waals surface area contributed by atoms with E-state index in [1.165, 1.54) is 12.1 Å². The molecule has 5 nitrogen and oxygen atoms in total. The van der Waals surface area contributed by atoms with Crippen LogP contribution in [0.2, 0.25) is 0 Å². The highest BCUT2D eigenvalue weighted by molar-refractivity contribution is 5.90. The lowest BCUT2D eigenvalue weighted by Crippen LogP contribution is -2.23. The Kier molecular flexibility index (Phi) is 5.28. The summed E-state index contributed by atoms with van der Waals surface area (Å²) in [6.07, 6.45) is 0.471. The maximum atomic E-state index is 13.1. The highest BCUT2D eigenvalue weighted by Crippen LogP contribution is 2.15. The maximum Gasteiger partial charge on any atom is 0.410 e. The van der Waals surface area contributed by atoms with Crippen molar-refractivity contribution in [2.75, 3.05) is 18.5 Å². The summed E-state index contributed by atoms with van der Waals surface area (Å²) in [6, 6.07) is 13.6. The van der Waals surface area contributed by atoms with Crippen LogP contribution in [0.5, 0.6) is 0 Å². The van der Waals surface area contributed by atoms with E-state index in [1.807, 2.05) is 12.1 Å². The number of carbonyl (C=O) groups excluding carboxylic acids is 2. The largest absolute Gasteiger partial charge is 0.448 e. The van der Waals surface area contributed by atoms with E-state index in [0.717, 1.165) is 11.1 Å².